The van der Waals surface area contributed by atoms with Gasteiger partial charge in [0.05, 0.1) is 6.10 Å². The van der Waals surface area contributed by atoms with Gasteiger partial charge in [0.1, 0.15) is 5.82 Å². The van der Waals surface area contributed by atoms with E-state index in [9.17, 15) is 9.90 Å². The molecule has 0 spiro atoms. The molecule has 0 radical (unpaired) electrons. The minimum Gasteiger partial charge on any atom is -0.393 e. The summed E-state index contributed by atoms with van der Waals surface area (Å²) in [7, 11) is 0. The van der Waals surface area contributed by atoms with Gasteiger partial charge in [0.25, 0.3) is 5.91 Å². The van der Waals surface area contributed by atoms with Crippen LogP contribution in [0.25, 0.3) is 5.65 Å². The van der Waals surface area contributed by atoms with Crippen LogP contribution in [-0.2, 0) is 6.54 Å². The predicted molar refractivity (Wildman–Crippen MR) is 106 cm³/mol. The van der Waals surface area contributed by atoms with Crippen LogP contribution in [0.1, 0.15) is 41.6 Å². The summed E-state index contributed by atoms with van der Waals surface area (Å²) in [5, 5.41) is 23.9. The Morgan fingerprint density at radius 2 is 2.00 bits per heavy atom. The molecule has 144 valence electrons. The third kappa shape index (κ3) is 3.16. The second kappa shape index (κ2) is 6.79. The summed E-state index contributed by atoms with van der Waals surface area (Å²) in [5.41, 5.74) is 3.29. The van der Waals surface area contributed by atoms with E-state index in [0.29, 0.717) is 18.5 Å². The molecule has 2 aliphatic rings. The van der Waals surface area contributed by atoms with Crippen molar-refractivity contribution in [1.82, 2.24) is 19.9 Å². The maximum atomic E-state index is 11.7. The van der Waals surface area contributed by atoms with Crippen LogP contribution in [0.15, 0.2) is 36.4 Å². The minimum atomic E-state index is -0.172. The number of amides is 1. The SMILES string of the molecule is O=C1NCc2cc(Nc3nc4cccc(NC5CCC(O)CC5)n4n3)ccc21. The summed E-state index contributed by atoms with van der Waals surface area (Å²) in [5.74, 6) is 1.37. The van der Waals surface area contributed by atoms with Crippen molar-refractivity contribution in [3.63, 3.8) is 0 Å². The van der Waals surface area contributed by atoms with E-state index in [1.54, 1.807) is 4.52 Å². The highest BCUT2D eigenvalue weighted by molar-refractivity contribution is 5.98. The van der Waals surface area contributed by atoms with E-state index in [1.807, 2.05) is 36.4 Å². The Kier molecular flexibility index (Phi) is 4.12. The van der Waals surface area contributed by atoms with Crippen molar-refractivity contribution in [2.75, 3.05) is 10.6 Å². The number of nitrogens with zero attached hydrogens (tertiary/aromatic N) is 3. The van der Waals surface area contributed by atoms with Gasteiger partial charge in [-0.1, -0.05) is 6.07 Å². The first kappa shape index (κ1) is 17.0. The van der Waals surface area contributed by atoms with Crippen LogP contribution >= 0.6 is 0 Å². The lowest BCUT2D eigenvalue weighted by molar-refractivity contribution is 0.0965. The quantitative estimate of drug-likeness (QED) is 0.556. The number of hydrogen-bond acceptors (Lipinski definition) is 6. The number of rotatable bonds is 4. The molecular weight excluding hydrogens is 356 g/mol. The van der Waals surface area contributed by atoms with E-state index in [2.05, 4.69) is 26.0 Å². The number of carbonyl (C=O) groups excluding carboxylic acids is 1. The first-order valence-electron chi connectivity index (χ1n) is 9.64. The van der Waals surface area contributed by atoms with Crippen LogP contribution in [0.5, 0.6) is 0 Å². The summed E-state index contributed by atoms with van der Waals surface area (Å²) in [4.78, 5) is 16.3. The third-order valence-corrected chi connectivity index (χ3v) is 5.45. The Labute approximate surface area is 162 Å². The van der Waals surface area contributed by atoms with Gasteiger partial charge in [-0.2, -0.15) is 9.50 Å². The summed E-state index contributed by atoms with van der Waals surface area (Å²) < 4.78 is 1.80. The van der Waals surface area contributed by atoms with Crippen LogP contribution in [0.3, 0.4) is 0 Å². The molecule has 8 heteroatoms. The van der Waals surface area contributed by atoms with Crippen LogP contribution in [0.2, 0.25) is 0 Å². The summed E-state index contributed by atoms with van der Waals surface area (Å²) in [6.07, 6.45) is 3.37. The molecule has 2 aromatic heterocycles. The molecular formula is C20H22N6O2. The average Bonchev–Trinajstić information content (AvgIpc) is 3.27. The van der Waals surface area contributed by atoms with Crippen molar-refractivity contribution >= 4 is 29.0 Å². The van der Waals surface area contributed by atoms with E-state index < -0.39 is 0 Å². The van der Waals surface area contributed by atoms with Crippen molar-refractivity contribution in [2.45, 2.75) is 44.4 Å². The molecule has 1 aliphatic carbocycles. The molecule has 0 bridgehead atoms. The van der Waals surface area contributed by atoms with Crippen molar-refractivity contribution < 1.29 is 9.90 Å². The number of nitrogens with one attached hydrogen (secondary N) is 3. The number of anilines is 3. The maximum absolute atomic E-state index is 11.7. The van der Waals surface area contributed by atoms with Crippen molar-refractivity contribution in [3.8, 4) is 0 Å². The first-order valence-corrected chi connectivity index (χ1v) is 9.64. The molecule has 1 amide bonds. The van der Waals surface area contributed by atoms with Gasteiger partial charge >= 0.3 is 0 Å². The van der Waals surface area contributed by atoms with Crippen molar-refractivity contribution in [3.05, 3.63) is 47.5 Å². The molecule has 4 N–H and O–H groups in total. The smallest absolute Gasteiger partial charge is 0.251 e. The van der Waals surface area contributed by atoms with E-state index in [1.165, 1.54) is 0 Å². The van der Waals surface area contributed by atoms with Crippen LogP contribution in [-0.4, -0.2) is 37.8 Å². The second-order valence-corrected chi connectivity index (χ2v) is 7.45. The lowest BCUT2D eigenvalue weighted by Crippen LogP contribution is -2.29. The Morgan fingerprint density at radius 1 is 1.14 bits per heavy atom. The molecule has 1 saturated carbocycles. The molecule has 0 atom stereocenters. The molecule has 28 heavy (non-hydrogen) atoms. The monoisotopic (exact) mass is 378 g/mol. The normalized spacial score (nSPS) is 21.4. The fraction of sp³-hybridized carbons (Fsp3) is 0.350. The number of aromatic nitrogens is 3. The molecule has 1 aromatic carbocycles. The van der Waals surface area contributed by atoms with Crippen LogP contribution in [0.4, 0.5) is 17.5 Å². The van der Waals surface area contributed by atoms with Crippen LogP contribution < -0.4 is 16.0 Å². The lowest BCUT2D eigenvalue weighted by atomic mass is 9.93. The predicted octanol–water partition coefficient (Wildman–Crippen LogP) is 2.43. The second-order valence-electron chi connectivity index (χ2n) is 7.45. The number of carbonyl (C=O) groups is 1. The van der Waals surface area contributed by atoms with Gasteiger partial charge in [0.2, 0.25) is 5.95 Å². The first-order chi connectivity index (χ1) is 13.7. The third-order valence-electron chi connectivity index (χ3n) is 5.45. The number of pyridine rings is 1. The average molecular weight is 378 g/mol. The molecule has 5 rings (SSSR count). The van der Waals surface area contributed by atoms with E-state index in [-0.39, 0.29) is 12.0 Å². The Bertz CT molecular complexity index is 1040. The highest BCUT2D eigenvalue weighted by atomic mass is 16.3. The van der Waals surface area contributed by atoms with Gasteiger partial charge in [-0.25, -0.2) is 0 Å². The molecule has 8 nitrogen and oxygen atoms in total. The molecule has 3 aromatic rings. The Morgan fingerprint density at radius 3 is 2.86 bits per heavy atom. The van der Waals surface area contributed by atoms with E-state index >= 15 is 0 Å². The zero-order valence-electron chi connectivity index (χ0n) is 15.4. The van der Waals surface area contributed by atoms with Crippen LogP contribution in [0, 0.1) is 0 Å². The number of fused-ring (bicyclic) bond motifs is 2. The highest BCUT2D eigenvalue weighted by Gasteiger charge is 2.21. The summed E-state index contributed by atoms with van der Waals surface area (Å²) in [6.45, 7) is 0.548. The summed E-state index contributed by atoms with van der Waals surface area (Å²) >= 11 is 0. The number of aliphatic hydroxyl groups excluding tert-OH is 1. The Hall–Kier alpha value is -3.13. The van der Waals surface area contributed by atoms with Crippen molar-refractivity contribution in [1.29, 1.82) is 0 Å². The minimum absolute atomic E-state index is 0.0293. The van der Waals surface area contributed by atoms with Gasteiger partial charge in [-0.15, -0.1) is 5.10 Å². The van der Waals surface area contributed by atoms with E-state index in [0.717, 1.165) is 54.0 Å². The molecule has 0 saturated heterocycles. The molecule has 1 aliphatic heterocycles. The number of hydrogen-bond donors (Lipinski definition) is 4. The number of benzene rings is 1. The number of aliphatic hydroxyl groups is 1. The standard InChI is InChI=1S/C20H22N6O2/c27-15-7-4-13(5-8-15)22-17-2-1-3-18-24-20(25-26(17)18)23-14-6-9-16-12(10-14)11-21-19(16)28/h1-3,6,9-10,13,15,22,27H,4-5,7-8,11H2,(H,21,28)(H,23,25). The maximum Gasteiger partial charge on any atom is 0.251 e. The topological polar surface area (TPSA) is 104 Å². The lowest BCUT2D eigenvalue weighted by Gasteiger charge is -2.26. The van der Waals surface area contributed by atoms with Gasteiger partial charge in [-0.05, 0) is 61.6 Å². The fourth-order valence-corrected chi connectivity index (χ4v) is 3.94. The van der Waals surface area contributed by atoms with E-state index in [4.69, 9.17) is 0 Å². The summed E-state index contributed by atoms with van der Waals surface area (Å²) in [6, 6.07) is 11.8. The highest BCUT2D eigenvalue weighted by Crippen LogP contribution is 2.25. The van der Waals surface area contributed by atoms with Gasteiger partial charge in [0, 0.05) is 23.8 Å². The Balaban J connectivity index is 1.37. The molecule has 3 heterocycles. The van der Waals surface area contributed by atoms with Gasteiger partial charge in [0.15, 0.2) is 5.65 Å². The zero-order valence-corrected chi connectivity index (χ0v) is 15.4. The molecule has 0 unspecified atom stereocenters. The fourth-order valence-electron chi connectivity index (χ4n) is 3.94. The largest absolute Gasteiger partial charge is 0.393 e. The van der Waals surface area contributed by atoms with Crippen molar-refractivity contribution in [2.24, 2.45) is 0 Å². The van der Waals surface area contributed by atoms with Gasteiger partial charge < -0.3 is 21.1 Å². The van der Waals surface area contributed by atoms with Gasteiger partial charge in [-0.3, -0.25) is 4.79 Å². The zero-order chi connectivity index (χ0) is 19.1. The molecule has 1 fully saturated rings.